The van der Waals surface area contributed by atoms with Gasteiger partial charge in [0.25, 0.3) is 5.91 Å². The number of aliphatic hydroxyl groups excluding tert-OH is 1. The van der Waals surface area contributed by atoms with Gasteiger partial charge in [0, 0.05) is 5.56 Å². The first kappa shape index (κ1) is 16.9. The number of hydrogen-bond acceptors (Lipinski definition) is 3. The predicted octanol–water partition coefficient (Wildman–Crippen LogP) is 3.40. The Morgan fingerprint density at radius 3 is 1.76 bits per heavy atom. The van der Waals surface area contributed by atoms with E-state index in [1.807, 2.05) is 78.9 Å². The number of rotatable bonds is 6. The topological polar surface area (TPSA) is 61.4 Å². The summed E-state index contributed by atoms with van der Waals surface area (Å²) < 4.78 is 0. The van der Waals surface area contributed by atoms with Gasteiger partial charge in [0.05, 0.1) is 6.04 Å². The van der Waals surface area contributed by atoms with E-state index in [9.17, 15) is 9.90 Å². The smallest absolute Gasteiger partial charge is 0.265 e. The summed E-state index contributed by atoms with van der Waals surface area (Å²) in [5.41, 5.74) is 7.89. The van der Waals surface area contributed by atoms with Gasteiger partial charge in [0.1, 0.15) is 6.10 Å². The largest absolute Gasteiger partial charge is 0.386 e. The van der Waals surface area contributed by atoms with Gasteiger partial charge in [-0.05, 0) is 23.3 Å². The molecule has 0 aromatic heterocycles. The first-order valence-corrected chi connectivity index (χ1v) is 8.14. The monoisotopic (exact) mass is 332 g/mol. The van der Waals surface area contributed by atoms with E-state index in [1.54, 1.807) is 12.1 Å². The second-order valence-electron chi connectivity index (χ2n) is 5.71. The van der Waals surface area contributed by atoms with Crippen molar-refractivity contribution in [2.75, 3.05) is 0 Å². The summed E-state index contributed by atoms with van der Waals surface area (Å²) in [6, 6.07) is 27.4. The average molecular weight is 332 g/mol. The number of hydrazine groups is 1. The Morgan fingerprint density at radius 2 is 1.20 bits per heavy atom. The minimum Gasteiger partial charge on any atom is -0.386 e. The lowest BCUT2D eigenvalue weighted by atomic mass is 9.96. The molecule has 0 bridgehead atoms. The molecule has 3 aromatic rings. The van der Waals surface area contributed by atoms with Gasteiger partial charge >= 0.3 is 0 Å². The lowest BCUT2D eigenvalue weighted by Crippen LogP contribution is -2.42. The first-order valence-electron chi connectivity index (χ1n) is 8.14. The lowest BCUT2D eigenvalue weighted by molar-refractivity contribution is 0.0860. The van der Waals surface area contributed by atoms with Crippen molar-refractivity contribution < 1.29 is 9.90 Å². The maximum atomic E-state index is 12.3. The van der Waals surface area contributed by atoms with Crippen LogP contribution >= 0.6 is 0 Å². The van der Waals surface area contributed by atoms with Crippen LogP contribution in [-0.2, 0) is 0 Å². The van der Waals surface area contributed by atoms with Crippen molar-refractivity contribution in [1.82, 2.24) is 10.9 Å². The van der Waals surface area contributed by atoms with Crippen LogP contribution < -0.4 is 10.9 Å². The molecule has 0 spiro atoms. The highest BCUT2D eigenvalue weighted by atomic mass is 16.3. The van der Waals surface area contributed by atoms with Crippen LogP contribution in [-0.4, -0.2) is 11.0 Å². The molecule has 0 saturated carbocycles. The Kier molecular flexibility index (Phi) is 5.57. The van der Waals surface area contributed by atoms with E-state index < -0.39 is 12.1 Å². The van der Waals surface area contributed by atoms with Gasteiger partial charge in [0.15, 0.2) is 0 Å². The number of benzene rings is 3. The molecule has 4 heteroatoms. The predicted molar refractivity (Wildman–Crippen MR) is 97.6 cm³/mol. The summed E-state index contributed by atoms with van der Waals surface area (Å²) in [5.74, 6) is -0.248. The Hall–Kier alpha value is -2.95. The fourth-order valence-corrected chi connectivity index (χ4v) is 2.65. The molecule has 0 heterocycles. The summed E-state index contributed by atoms with van der Waals surface area (Å²) in [7, 11) is 0. The van der Waals surface area contributed by atoms with Crippen LogP contribution in [0.1, 0.15) is 33.6 Å². The van der Waals surface area contributed by atoms with E-state index in [4.69, 9.17) is 0 Å². The molecule has 0 saturated heterocycles. The van der Waals surface area contributed by atoms with Gasteiger partial charge in [0.2, 0.25) is 0 Å². The van der Waals surface area contributed by atoms with Crippen molar-refractivity contribution >= 4 is 5.91 Å². The summed E-state index contributed by atoms with van der Waals surface area (Å²) in [6.07, 6.45) is -0.806. The number of carbonyl (C=O) groups excluding carboxylic acids is 1. The van der Waals surface area contributed by atoms with Crippen molar-refractivity contribution in [3.05, 3.63) is 108 Å². The number of carbonyl (C=O) groups is 1. The third kappa shape index (κ3) is 4.32. The summed E-state index contributed by atoms with van der Waals surface area (Å²) in [5, 5.41) is 10.8. The van der Waals surface area contributed by atoms with Crippen LogP contribution in [0.5, 0.6) is 0 Å². The zero-order valence-corrected chi connectivity index (χ0v) is 13.7. The molecule has 126 valence electrons. The van der Waals surface area contributed by atoms with Gasteiger partial charge in [-0.25, -0.2) is 5.43 Å². The van der Waals surface area contributed by atoms with Gasteiger partial charge in [-0.1, -0.05) is 78.9 Å². The highest BCUT2D eigenvalue weighted by Gasteiger charge is 2.23. The second-order valence-corrected chi connectivity index (χ2v) is 5.71. The minimum absolute atomic E-state index is 0.248. The maximum Gasteiger partial charge on any atom is 0.265 e. The van der Waals surface area contributed by atoms with Crippen molar-refractivity contribution in [1.29, 1.82) is 0 Å². The lowest BCUT2D eigenvalue weighted by Gasteiger charge is -2.25. The van der Waals surface area contributed by atoms with Crippen LogP contribution in [0, 0.1) is 0 Å². The average Bonchev–Trinajstić information content (AvgIpc) is 2.70. The zero-order chi connectivity index (χ0) is 17.5. The Bertz CT molecular complexity index is 792. The van der Waals surface area contributed by atoms with E-state index in [1.165, 1.54) is 0 Å². The van der Waals surface area contributed by atoms with Crippen LogP contribution in [0.3, 0.4) is 0 Å². The first-order chi connectivity index (χ1) is 12.3. The molecule has 2 unspecified atom stereocenters. The van der Waals surface area contributed by atoms with Crippen LogP contribution in [0.25, 0.3) is 0 Å². The van der Waals surface area contributed by atoms with E-state index >= 15 is 0 Å². The molecule has 2 atom stereocenters. The third-order valence-corrected chi connectivity index (χ3v) is 3.99. The van der Waals surface area contributed by atoms with Crippen molar-refractivity contribution in [3.63, 3.8) is 0 Å². The zero-order valence-electron chi connectivity index (χ0n) is 13.7. The van der Waals surface area contributed by atoms with E-state index in [2.05, 4.69) is 10.9 Å². The molecule has 0 aliphatic carbocycles. The van der Waals surface area contributed by atoms with Crippen LogP contribution in [0.15, 0.2) is 91.0 Å². The van der Waals surface area contributed by atoms with E-state index in [-0.39, 0.29) is 5.91 Å². The number of aliphatic hydroxyl groups is 1. The van der Waals surface area contributed by atoms with Crippen molar-refractivity contribution in [3.8, 4) is 0 Å². The van der Waals surface area contributed by atoms with Gasteiger partial charge in [-0.3, -0.25) is 10.2 Å². The fourth-order valence-electron chi connectivity index (χ4n) is 2.65. The maximum absolute atomic E-state index is 12.3. The minimum atomic E-state index is -0.806. The van der Waals surface area contributed by atoms with Gasteiger partial charge < -0.3 is 5.11 Å². The van der Waals surface area contributed by atoms with Crippen LogP contribution in [0.4, 0.5) is 0 Å². The van der Waals surface area contributed by atoms with Crippen molar-refractivity contribution in [2.24, 2.45) is 0 Å². The van der Waals surface area contributed by atoms with E-state index in [0.717, 1.165) is 11.1 Å². The molecule has 25 heavy (non-hydrogen) atoms. The second kappa shape index (κ2) is 8.24. The third-order valence-electron chi connectivity index (χ3n) is 3.99. The van der Waals surface area contributed by atoms with Gasteiger partial charge in [-0.15, -0.1) is 0 Å². The normalized spacial score (nSPS) is 13.0. The van der Waals surface area contributed by atoms with E-state index in [0.29, 0.717) is 5.56 Å². The Morgan fingerprint density at radius 1 is 0.720 bits per heavy atom. The Balaban J connectivity index is 1.79. The molecule has 4 nitrogen and oxygen atoms in total. The molecular weight excluding hydrogens is 312 g/mol. The van der Waals surface area contributed by atoms with Crippen LogP contribution in [0.2, 0.25) is 0 Å². The van der Waals surface area contributed by atoms with Crippen molar-refractivity contribution in [2.45, 2.75) is 12.1 Å². The number of hydrogen-bond donors (Lipinski definition) is 3. The quantitative estimate of drug-likeness (QED) is 0.606. The molecule has 3 aromatic carbocycles. The summed E-state index contributed by atoms with van der Waals surface area (Å²) >= 11 is 0. The number of nitrogens with one attached hydrogen (secondary N) is 2. The molecule has 1 amide bonds. The Labute approximate surface area is 147 Å². The molecule has 0 aliphatic rings. The number of amides is 1. The summed E-state index contributed by atoms with van der Waals surface area (Å²) in [4.78, 5) is 12.3. The summed E-state index contributed by atoms with van der Waals surface area (Å²) in [6.45, 7) is 0. The fraction of sp³-hybridized carbons (Fsp3) is 0.0952. The SMILES string of the molecule is O=C(NNC(c1ccccc1)C(O)c1ccccc1)c1ccccc1. The highest BCUT2D eigenvalue weighted by Crippen LogP contribution is 2.28. The molecule has 3 N–H and O–H groups in total. The van der Waals surface area contributed by atoms with Gasteiger partial charge in [-0.2, -0.15) is 0 Å². The molecule has 0 aliphatic heterocycles. The standard InChI is InChI=1S/C21H20N2O2/c24-20(17-12-6-2-7-13-17)19(16-10-4-1-5-11-16)22-23-21(25)18-14-8-3-9-15-18/h1-15,19-20,22,24H,(H,23,25). The highest BCUT2D eigenvalue weighted by molar-refractivity contribution is 5.93. The molecule has 0 radical (unpaired) electrons. The molecule has 0 fully saturated rings. The molecule has 3 rings (SSSR count). The molecular formula is C21H20N2O2.